The molecule has 10 heteroatoms. The topological polar surface area (TPSA) is 72.5 Å². The van der Waals surface area contributed by atoms with Gasteiger partial charge in [0.2, 0.25) is 6.33 Å². The fraction of sp³-hybridized carbons (Fsp3) is 0.419. The van der Waals surface area contributed by atoms with E-state index < -0.39 is 0 Å². The number of hydrogen-bond acceptors (Lipinski definition) is 6. The first-order valence-corrected chi connectivity index (χ1v) is 19.9. The minimum Gasteiger partial charge on any atom is -0.371 e. The Morgan fingerprint density at radius 1 is 0.547 bits per heavy atom. The number of benzene rings is 2. The van der Waals surface area contributed by atoms with E-state index in [4.69, 9.17) is 10.2 Å². The van der Waals surface area contributed by atoms with E-state index in [1.165, 1.54) is 85.5 Å². The summed E-state index contributed by atoms with van der Waals surface area (Å²) in [6, 6.07) is 19.3. The molecule has 0 N–H and O–H groups in total. The maximum atomic E-state index is 4.74. The fourth-order valence-corrected chi connectivity index (χ4v) is 8.93. The van der Waals surface area contributed by atoms with Crippen LogP contribution in [0.3, 0.4) is 0 Å². The number of imidazole rings is 1. The zero-order chi connectivity index (χ0) is 35.4. The van der Waals surface area contributed by atoms with Crippen molar-refractivity contribution in [3.05, 3.63) is 114 Å². The lowest BCUT2D eigenvalue weighted by Gasteiger charge is -2.36. The summed E-state index contributed by atoms with van der Waals surface area (Å²) in [5, 5.41) is 18.8. The molecule has 0 unspecified atom stereocenters. The lowest BCUT2D eigenvalue weighted by Crippen LogP contribution is -2.38. The molecule has 0 saturated carbocycles. The molecule has 0 atom stereocenters. The summed E-state index contributed by atoms with van der Waals surface area (Å²) in [5.74, 6) is 0.894. The highest BCUT2D eigenvalue weighted by molar-refractivity contribution is 5.68. The van der Waals surface area contributed by atoms with Gasteiger partial charge in [-0.1, -0.05) is 6.07 Å². The van der Waals surface area contributed by atoms with Crippen LogP contribution in [0.2, 0.25) is 0 Å². The van der Waals surface area contributed by atoms with Crippen LogP contribution in [0, 0.1) is 0 Å². The third-order valence-corrected chi connectivity index (χ3v) is 11.3. The van der Waals surface area contributed by atoms with E-state index in [2.05, 4.69) is 118 Å². The van der Waals surface area contributed by atoms with Gasteiger partial charge < -0.3 is 9.80 Å². The van der Waals surface area contributed by atoms with Crippen molar-refractivity contribution in [1.82, 2.24) is 4.57 Å². The standard InChI is InChI=1S/C43H51N10/c1-2-20-51(41(15-1)47-46-40-30-36-12-5-23-53-24-6-13-37(31-40)43(36)53)25-9-19-50-27-26-49(33-50)18-8-17-48-16-7-14-38(32-48)44-45-39-28-34-10-3-21-52-22-4-11-35(29-39)42(34)52/h1-2,7,14-16,20,26-33H,3-6,8-13,17-19,21-25H2/q+3. The molecule has 4 aliphatic heterocycles. The molecular weight excluding hydrogens is 657 g/mol. The summed E-state index contributed by atoms with van der Waals surface area (Å²) in [5.41, 5.74) is 11.6. The second kappa shape index (κ2) is 15.4. The molecule has 2 aromatic carbocycles. The first-order valence-electron chi connectivity index (χ1n) is 19.9. The van der Waals surface area contributed by atoms with E-state index in [1.807, 2.05) is 12.1 Å². The van der Waals surface area contributed by atoms with Crippen molar-refractivity contribution < 1.29 is 13.7 Å². The molecule has 4 aliphatic rings. The normalized spacial score (nSPS) is 16.4. The largest absolute Gasteiger partial charge is 0.371 e. The Bertz CT molecular complexity index is 2090. The molecule has 9 rings (SSSR count). The lowest BCUT2D eigenvalue weighted by atomic mass is 9.91. The van der Waals surface area contributed by atoms with E-state index in [0.717, 1.165) is 87.6 Å². The molecule has 270 valence electrons. The molecule has 0 bridgehead atoms. The molecular formula is C43H51N10+3. The van der Waals surface area contributed by atoms with Gasteiger partial charge in [-0.05, 0) is 115 Å². The van der Waals surface area contributed by atoms with Gasteiger partial charge in [-0.15, -0.1) is 5.11 Å². The summed E-state index contributed by atoms with van der Waals surface area (Å²) < 4.78 is 9.01. The monoisotopic (exact) mass is 707 g/mol. The molecule has 0 spiro atoms. The predicted molar refractivity (Wildman–Crippen MR) is 206 cm³/mol. The molecule has 53 heavy (non-hydrogen) atoms. The minimum atomic E-state index is 0.883. The average molecular weight is 708 g/mol. The highest BCUT2D eigenvalue weighted by atomic mass is 15.2. The maximum absolute atomic E-state index is 4.74. The molecule has 0 fully saturated rings. The zero-order valence-electron chi connectivity index (χ0n) is 30.9. The number of hydrogen-bond donors (Lipinski definition) is 0. The first kappa shape index (κ1) is 33.6. The summed E-state index contributed by atoms with van der Waals surface area (Å²) in [7, 11) is 0. The van der Waals surface area contributed by atoms with E-state index in [0.29, 0.717) is 0 Å². The fourth-order valence-electron chi connectivity index (χ4n) is 8.93. The van der Waals surface area contributed by atoms with Crippen LogP contribution in [0.5, 0.6) is 0 Å². The Morgan fingerprint density at radius 3 is 1.81 bits per heavy atom. The van der Waals surface area contributed by atoms with E-state index in [9.17, 15) is 0 Å². The number of aromatic nitrogens is 4. The van der Waals surface area contributed by atoms with Crippen LogP contribution in [0.15, 0.2) is 112 Å². The van der Waals surface area contributed by atoms with Crippen LogP contribution in [0.25, 0.3) is 0 Å². The van der Waals surface area contributed by atoms with Crippen molar-refractivity contribution in [2.75, 3.05) is 36.0 Å². The third-order valence-electron chi connectivity index (χ3n) is 11.3. The number of anilines is 2. The number of pyridine rings is 2. The summed E-state index contributed by atoms with van der Waals surface area (Å²) in [6.45, 7) is 8.47. The Balaban J connectivity index is 0.761. The van der Waals surface area contributed by atoms with Crippen molar-refractivity contribution in [2.45, 2.75) is 90.4 Å². The van der Waals surface area contributed by atoms with Crippen molar-refractivity contribution in [2.24, 2.45) is 20.5 Å². The van der Waals surface area contributed by atoms with Crippen LogP contribution in [0.1, 0.15) is 60.8 Å². The average Bonchev–Trinajstić information content (AvgIpc) is 3.65. The molecule has 0 amide bonds. The van der Waals surface area contributed by atoms with Gasteiger partial charge in [0.05, 0.1) is 36.6 Å². The number of aryl methyl sites for hydroxylation is 8. The lowest BCUT2D eigenvalue weighted by molar-refractivity contribution is -0.721. The van der Waals surface area contributed by atoms with Crippen molar-refractivity contribution >= 4 is 34.3 Å². The quantitative estimate of drug-likeness (QED) is 0.0983. The van der Waals surface area contributed by atoms with Crippen LogP contribution >= 0.6 is 0 Å². The second-order valence-corrected chi connectivity index (χ2v) is 15.2. The summed E-state index contributed by atoms with van der Waals surface area (Å²) in [6.07, 6.45) is 24.5. The van der Waals surface area contributed by atoms with E-state index in [-0.39, 0.29) is 0 Å². The third kappa shape index (κ3) is 7.63. The zero-order valence-corrected chi connectivity index (χ0v) is 30.9. The number of nitrogens with zero attached hydrogens (tertiary/aromatic N) is 10. The molecule has 10 nitrogen and oxygen atoms in total. The maximum Gasteiger partial charge on any atom is 0.350 e. The Hall–Kier alpha value is -5.25. The smallest absolute Gasteiger partial charge is 0.350 e. The van der Waals surface area contributed by atoms with Crippen LogP contribution in [-0.4, -0.2) is 30.7 Å². The van der Waals surface area contributed by atoms with Crippen molar-refractivity contribution in [3.63, 3.8) is 0 Å². The van der Waals surface area contributed by atoms with Crippen LogP contribution < -0.4 is 23.5 Å². The second-order valence-electron chi connectivity index (χ2n) is 15.2. The minimum absolute atomic E-state index is 0.883. The number of rotatable bonds is 12. The SMILES string of the molecule is c1cc[n+](CCC[n+]2ccn(CCC[n+]3cccc(N=Nc4cc5c6c(c4)CCCN6CCC5)c3)c2)c(N=Nc2cc3c4c(c2)CCCN4CCC3)c1. The number of azo groups is 2. The van der Waals surface area contributed by atoms with Crippen molar-refractivity contribution in [3.8, 4) is 0 Å². The predicted octanol–water partition coefficient (Wildman–Crippen LogP) is 7.76. The van der Waals surface area contributed by atoms with Gasteiger partial charge in [-0.25, -0.2) is 18.3 Å². The first-order chi connectivity index (χ1) is 26.2. The van der Waals surface area contributed by atoms with Gasteiger partial charge in [0.25, 0.3) is 0 Å². The Labute approximate surface area is 312 Å². The highest BCUT2D eigenvalue weighted by Gasteiger charge is 2.26. The highest BCUT2D eigenvalue weighted by Crippen LogP contribution is 2.39. The van der Waals surface area contributed by atoms with E-state index >= 15 is 0 Å². The van der Waals surface area contributed by atoms with Crippen molar-refractivity contribution in [1.29, 1.82) is 0 Å². The van der Waals surface area contributed by atoms with Gasteiger partial charge in [0.1, 0.15) is 23.8 Å². The molecule has 5 aromatic rings. The molecule has 0 radical (unpaired) electrons. The Kier molecular flexibility index (Phi) is 9.75. The van der Waals surface area contributed by atoms with Gasteiger partial charge >= 0.3 is 5.82 Å². The summed E-state index contributed by atoms with van der Waals surface area (Å²) in [4.78, 5) is 5.14. The summed E-state index contributed by atoms with van der Waals surface area (Å²) >= 11 is 0. The molecule has 0 aliphatic carbocycles. The van der Waals surface area contributed by atoms with Gasteiger partial charge in [0, 0.05) is 62.5 Å². The molecule has 0 saturated heterocycles. The van der Waals surface area contributed by atoms with Gasteiger partial charge in [0.15, 0.2) is 18.9 Å². The van der Waals surface area contributed by atoms with Gasteiger partial charge in [-0.2, -0.15) is 5.11 Å². The Morgan fingerprint density at radius 2 is 1.15 bits per heavy atom. The molecule has 3 aromatic heterocycles. The molecule has 7 heterocycles. The van der Waals surface area contributed by atoms with E-state index in [1.54, 1.807) is 0 Å². The van der Waals surface area contributed by atoms with Crippen LogP contribution in [0.4, 0.5) is 34.3 Å². The van der Waals surface area contributed by atoms with Crippen LogP contribution in [-0.2, 0) is 51.9 Å². The van der Waals surface area contributed by atoms with Gasteiger partial charge in [-0.3, -0.25) is 0 Å².